The number of methoxy groups -OCH3 is 1. The topological polar surface area (TPSA) is 58.6 Å². The number of amides is 2. The summed E-state index contributed by atoms with van der Waals surface area (Å²) in [5, 5.41) is 2.92. The van der Waals surface area contributed by atoms with Gasteiger partial charge in [-0.15, -0.1) is 0 Å². The van der Waals surface area contributed by atoms with Crippen LogP contribution in [0.15, 0.2) is 36.4 Å². The van der Waals surface area contributed by atoms with Crippen LogP contribution in [0, 0.1) is 5.92 Å². The number of nitrogens with one attached hydrogen (secondary N) is 1. The summed E-state index contributed by atoms with van der Waals surface area (Å²) in [5.74, 6) is 0.328. The maximum Gasteiger partial charge on any atom is 0.409 e. The second-order valence-corrected chi connectivity index (χ2v) is 5.39. The Morgan fingerprint density at radius 1 is 1.27 bits per heavy atom. The monoisotopic (exact) mass is 302 g/mol. The molecule has 2 rings (SSSR count). The van der Waals surface area contributed by atoms with Gasteiger partial charge in [0.15, 0.2) is 0 Å². The average Bonchev–Trinajstić information content (AvgIpc) is 2.58. The summed E-state index contributed by atoms with van der Waals surface area (Å²) in [6.45, 7) is 2.02. The fourth-order valence-corrected chi connectivity index (χ4v) is 2.49. The maximum atomic E-state index is 11.8. The fourth-order valence-electron chi connectivity index (χ4n) is 2.49. The normalized spacial score (nSPS) is 15.8. The number of carbonyl (C=O) groups excluding carboxylic acids is 2. The van der Waals surface area contributed by atoms with E-state index >= 15 is 0 Å². The summed E-state index contributed by atoms with van der Waals surface area (Å²) >= 11 is 0. The number of benzene rings is 1. The highest BCUT2D eigenvalue weighted by Crippen LogP contribution is 2.16. The van der Waals surface area contributed by atoms with Crippen molar-refractivity contribution in [3.63, 3.8) is 0 Å². The van der Waals surface area contributed by atoms with E-state index < -0.39 is 0 Å². The van der Waals surface area contributed by atoms with Crippen LogP contribution in [0.2, 0.25) is 0 Å². The van der Waals surface area contributed by atoms with Crippen molar-refractivity contribution < 1.29 is 14.3 Å². The van der Waals surface area contributed by atoms with E-state index in [1.807, 2.05) is 30.3 Å². The predicted octanol–water partition coefficient (Wildman–Crippen LogP) is 2.29. The van der Waals surface area contributed by atoms with Gasteiger partial charge in [-0.3, -0.25) is 4.79 Å². The number of carbonyl (C=O) groups is 2. The molecular formula is C17H22N2O3. The molecule has 0 saturated carbocycles. The van der Waals surface area contributed by atoms with Crippen molar-refractivity contribution >= 4 is 18.1 Å². The first-order chi connectivity index (χ1) is 10.7. The third kappa shape index (κ3) is 4.91. The van der Waals surface area contributed by atoms with Gasteiger partial charge < -0.3 is 15.0 Å². The zero-order valence-corrected chi connectivity index (χ0v) is 12.8. The molecule has 5 heteroatoms. The Kier molecular flexibility index (Phi) is 6.01. The molecule has 1 aromatic rings. The molecule has 1 N–H and O–H groups in total. The van der Waals surface area contributed by atoms with Crippen molar-refractivity contribution in [3.8, 4) is 0 Å². The van der Waals surface area contributed by atoms with Crippen LogP contribution >= 0.6 is 0 Å². The van der Waals surface area contributed by atoms with Crippen LogP contribution in [0.4, 0.5) is 4.79 Å². The Morgan fingerprint density at radius 2 is 1.95 bits per heavy atom. The number of hydrogen-bond donors (Lipinski definition) is 1. The second-order valence-electron chi connectivity index (χ2n) is 5.39. The van der Waals surface area contributed by atoms with Crippen LogP contribution in [0.1, 0.15) is 18.4 Å². The molecule has 0 spiro atoms. The molecule has 0 bridgehead atoms. The third-order valence-corrected chi connectivity index (χ3v) is 3.84. The molecule has 118 valence electrons. The molecule has 0 atom stereocenters. The highest BCUT2D eigenvalue weighted by Gasteiger charge is 2.23. The van der Waals surface area contributed by atoms with Gasteiger partial charge in [0, 0.05) is 25.7 Å². The molecule has 2 amide bonds. The van der Waals surface area contributed by atoms with Crippen molar-refractivity contribution in [2.24, 2.45) is 5.92 Å². The van der Waals surface area contributed by atoms with Crippen LogP contribution in [-0.2, 0) is 9.53 Å². The third-order valence-electron chi connectivity index (χ3n) is 3.84. The Labute approximate surface area is 130 Å². The van der Waals surface area contributed by atoms with Crippen LogP contribution < -0.4 is 5.32 Å². The van der Waals surface area contributed by atoms with E-state index in [4.69, 9.17) is 4.74 Å². The lowest BCUT2D eigenvalue weighted by Gasteiger charge is -2.30. The van der Waals surface area contributed by atoms with E-state index in [1.54, 1.807) is 17.1 Å². The van der Waals surface area contributed by atoms with Crippen molar-refractivity contribution in [1.29, 1.82) is 0 Å². The molecule has 22 heavy (non-hydrogen) atoms. The Bertz CT molecular complexity index is 520. The van der Waals surface area contributed by atoms with Crippen molar-refractivity contribution in [3.05, 3.63) is 42.0 Å². The molecule has 1 heterocycles. The maximum absolute atomic E-state index is 11.8. The lowest BCUT2D eigenvalue weighted by atomic mass is 9.97. The van der Waals surface area contributed by atoms with Gasteiger partial charge >= 0.3 is 6.09 Å². The van der Waals surface area contributed by atoms with E-state index in [1.165, 1.54) is 7.11 Å². The first kappa shape index (κ1) is 16.1. The summed E-state index contributed by atoms with van der Waals surface area (Å²) in [5.41, 5.74) is 1.00. The molecule has 1 aliphatic heterocycles. The molecule has 1 saturated heterocycles. The number of hydrogen-bond acceptors (Lipinski definition) is 3. The molecule has 1 fully saturated rings. The molecule has 0 aromatic heterocycles. The largest absolute Gasteiger partial charge is 0.453 e. The Hall–Kier alpha value is -2.30. The van der Waals surface area contributed by atoms with Crippen LogP contribution in [-0.4, -0.2) is 43.6 Å². The van der Waals surface area contributed by atoms with Crippen LogP contribution in [0.25, 0.3) is 6.08 Å². The lowest BCUT2D eigenvalue weighted by molar-refractivity contribution is -0.116. The Morgan fingerprint density at radius 3 is 2.59 bits per heavy atom. The molecule has 1 aliphatic rings. The van der Waals surface area contributed by atoms with E-state index in [2.05, 4.69) is 5.32 Å². The minimum absolute atomic E-state index is 0.0840. The van der Waals surface area contributed by atoms with Gasteiger partial charge in [-0.25, -0.2) is 4.79 Å². The number of ether oxygens (including phenoxy) is 1. The molecule has 0 aliphatic carbocycles. The zero-order chi connectivity index (χ0) is 15.8. The van der Waals surface area contributed by atoms with Crippen molar-refractivity contribution in [2.45, 2.75) is 12.8 Å². The standard InChI is InChI=1S/C17H22N2O3/c1-22-17(21)19-11-9-15(10-12-19)13-18-16(20)8-7-14-5-3-2-4-6-14/h2-8,15H,9-13H2,1H3,(H,18,20)/b8-7+. The molecule has 0 radical (unpaired) electrons. The molecule has 0 unspecified atom stereocenters. The summed E-state index contributed by atoms with van der Waals surface area (Å²) < 4.78 is 4.71. The summed E-state index contributed by atoms with van der Waals surface area (Å²) in [7, 11) is 1.40. The van der Waals surface area contributed by atoms with E-state index in [0.29, 0.717) is 25.6 Å². The van der Waals surface area contributed by atoms with Gasteiger partial charge in [0.05, 0.1) is 7.11 Å². The smallest absolute Gasteiger partial charge is 0.409 e. The zero-order valence-electron chi connectivity index (χ0n) is 12.8. The van der Waals surface area contributed by atoms with Crippen LogP contribution in [0.5, 0.6) is 0 Å². The Balaban J connectivity index is 1.69. The summed E-state index contributed by atoms with van der Waals surface area (Å²) in [6.07, 6.45) is 4.86. The van der Waals surface area contributed by atoms with E-state index in [0.717, 1.165) is 18.4 Å². The quantitative estimate of drug-likeness (QED) is 0.868. The van der Waals surface area contributed by atoms with Gasteiger partial charge in [0.25, 0.3) is 0 Å². The van der Waals surface area contributed by atoms with Gasteiger partial charge in [-0.2, -0.15) is 0 Å². The average molecular weight is 302 g/mol. The van der Waals surface area contributed by atoms with E-state index in [-0.39, 0.29) is 12.0 Å². The molecule has 1 aromatic carbocycles. The SMILES string of the molecule is COC(=O)N1CCC(CNC(=O)/C=C/c2ccccc2)CC1. The van der Waals surface area contributed by atoms with Gasteiger partial charge in [0.1, 0.15) is 0 Å². The van der Waals surface area contributed by atoms with Gasteiger partial charge in [0.2, 0.25) is 5.91 Å². The lowest BCUT2D eigenvalue weighted by Crippen LogP contribution is -2.41. The minimum atomic E-state index is -0.270. The predicted molar refractivity (Wildman–Crippen MR) is 85.2 cm³/mol. The fraction of sp³-hybridized carbons (Fsp3) is 0.412. The van der Waals surface area contributed by atoms with Gasteiger partial charge in [-0.1, -0.05) is 30.3 Å². The van der Waals surface area contributed by atoms with Crippen LogP contribution in [0.3, 0.4) is 0 Å². The second kappa shape index (κ2) is 8.22. The van der Waals surface area contributed by atoms with E-state index in [9.17, 15) is 9.59 Å². The van der Waals surface area contributed by atoms with Crippen molar-refractivity contribution in [2.75, 3.05) is 26.7 Å². The van der Waals surface area contributed by atoms with Gasteiger partial charge in [-0.05, 0) is 30.4 Å². The first-order valence-electron chi connectivity index (χ1n) is 7.53. The highest BCUT2D eigenvalue weighted by molar-refractivity contribution is 5.91. The highest BCUT2D eigenvalue weighted by atomic mass is 16.5. The van der Waals surface area contributed by atoms with Crippen molar-refractivity contribution in [1.82, 2.24) is 10.2 Å². The number of likely N-dealkylation sites (tertiary alicyclic amines) is 1. The number of piperidine rings is 1. The molecular weight excluding hydrogens is 280 g/mol. The summed E-state index contributed by atoms with van der Waals surface area (Å²) in [4.78, 5) is 24.9. The first-order valence-corrected chi connectivity index (χ1v) is 7.53. The summed E-state index contributed by atoms with van der Waals surface area (Å²) in [6, 6.07) is 9.72. The number of nitrogens with zero attached hydrogens (tertiary/aromatic N) is 1. The minimum Gasteiger partial charge on any atom is -0.453 e. The molecule has 5 nitrogen and oxygen atoms in total. The number of rotatable bonds is 4.